The molecule has 3 unspecified atom stereocenters. The summed E-state index contributed by atoms with van der Waals surface area (Å²) in [5.41, 5.74) is 7.94. The molecule has 1 aromatic rings. The third-order valence-electron chi connectivity index (χ3n) is 3.86. The van der Waals surface area contributed by atoms with Gasteiger partial charge in [0, 0.05) is 16.8 Å². The molecule has 1 nitrogen and oxygen atoms in total. The first kappa shape index (κ1) is 11.2. The Kier molecular flexibility index (Phi) is 3.47. The Balaban J connectivity index is 2.18. The third-order valence-corrected chi connectivity index (χ3v) is 4.86. The lowest BCUT2D eigenvalue weighted by molar-refractivity contribution is 0.355. The van der Waals surface area contributed by atoms with Crippen molar-refractivity contribution in [1.82, 2.24) is 0 Å². The molecule has 2 heteroatoms. The standard InChI is InChI=1S/C13H21NS/c1-3-9(2)13(14)11-5-4-6-12-10(11)7-8-15-12/h7-9,11,13H,3-6,14H2,1-2H3. The zero-order valence-corrected chi connectivity index (χ0v) is 10.5. The lowest BCUT2D eigenvalue weighted by atomic mass is 9.78. The number of nitrogens with two attached hydrogens (primary N) is 1. The molecule has 2 rings (SSSR count). The van der Waals surface area contributed by atoms with Crippen LogP contribution in [0.2, 0.25) is 0 Å². The van der Waals surface area contributed by atoms with E-state index in [2.05, 4.69) is 25.3 Å². The SMILES string of the molecule is CCC(C)C(N)C1CCCc2sccc21. The predicted octanol–water partition coefficient (Wildman–Crippen LogP) is 3.54. The summed E-state index contributed by atoms with van der Waals surface area (Å²) >= 11 is 1.91. The van der Waals surface area contributed by atoms with Crippen molar-refractivity contribution in [3.8, 4) is 0 Å². The van der Waals surface area contributed by atoms with Crippen molar-refractivity contribution < 1.29 is 0 Å². The Hall–Kier alpha value is -0.340. The maximum atomic E-state index is 6.38. The number of aryl methyl sites for hydroxylation is 1. The summed E-state index contributed by atoms with van der Waals surface area (Å²) in [6, 6.07) is 2.65. The summed E-state index contributed by atoms with van der Waals surface area (Å²) in [5.74, 6) is 1.26. The van der Waals surface area contributed by atoms with Crippen LogP contribution in [0, 0.1) is 5.92 Å². The summed E-state index contributed by atoms with van der Waals surface area (Å²) in [4.78, 5) is 1.59. The van der Waals surface area contributed by atoms with Crippen LogP contribution in [0.4, 0.5) is 0 Å². The van der Waals surface area contributed by atoms with Gasteiger partial charge in [0.25, 0.3) is 0 Å². The van der Waals surface area contributed by atoms with Gasteiger partial charge in [-0.25, -0.2) is 0 Å². The Morgan fingerprint density at radius 2 is 2.40 bits per heavy atom. The fourth-order valence-electron chi connectivity index (χ4n) is 2.59. The van der Waals surface area contributed by atoms with E-state index >= 15 is 0 Å². The van der Waals surface area contributed by atoms with Gasteiger partial charge in [0.1, 0.15) is 0 Å². The average molecular weight is 223 g/mol. The van der Waals surface area contributed by atoms with E-state index in [0.717, 1.165) is 0 Å². The molecule has 0 amide bonds. The summed E-state index contributed by atoms with van der Waals surface area (Å²) in [6.07, 6.45) is 5.07. The van der Waals surface area contributed by atoms with E-state index in [1.54, 1.807) is 10.4 Å². The normalized spacial score (nSPS) is 24.6. The lowest BCUT2D eigenvalue weighted by Gasteiger charge is -2.31. The highest BCUT2D eigenvalue weighted by molar-refractivity contribution is 7.10. The molecule has 3 atom stereocenters. The molecule has 0 bridgehead atoms. The van der Waals surface area contributed by atoms with Gasteiger partial charge in [-0.1, -0.05) is 20.3 Å². The molecule has 0 radical (unpaired) electrons. The van der Waals surface area contributed by atoms with Crippen LogP contribution in [-0.4, -0.2) is 6.04 Å². The maximum absolute atomic E-state index is 6.38. The van der Waals surface area contributed by atoms with Crippen molar-refractivity contribution in [3.05, 3.63) is 21.9 Å². The maximum Gasteiger partial charge on any atom is 0.0134 e. The highest BCUT2D eigenvalue weighted by Gasteiger charge is 2.28. The number of fused-ring (bicyclic) bond motifs is 1. The van der Waals surface area contributed by atoms with E-state index in [-0.39, 0.29) is 0 Å². The predicted molar refractivity (Wildman–Crippen MR) is 67.4 cm³/mol. The zero-order chi connectivity index (χ0) is 10.8. The van der Waals surface area contributed by atoms with Crippen LogP contribution in [0.5, 0.6) is 0 Å². The Morgan fingerprint density at radius 1 is 1.60 bits per heavy atom. The number of hydrogen-bond acceptors (Lipinski definition) is 2. The van der Waals surface area contributed by atoms with Crippen LogP contribution in [0.3, 0.4) is 0 Å². The van der Waals surface area contributed by atoms with Gasteiger partial charge >= 0.3 is 0 Å². The molecule has 0 aromatic carbocycles. The van der Waals surface area contributed by atoms with Crippen LogP contribution >= 0.6 is 11.3 Å². The summed E-state index contributed by atoms with van der Waals surface area (Å²) < 4.78 is 0. The molecule has 0 fully saturated rings. The van der Waals surface area contributed by atoms with Crippen molar-refractivity contribution in [3.63, 3.8) is 0 Å². The van der Waals surface area contributed by atoms with E-state index < -0.39 is 0 Å². The molecule has 15 heavy (non-hydrogen) atoms. The molecule has 0 saturated carbocycles. The summed E-state index contributed by atoms with van der Waals surface area (Å²) in [7, 11) is 0. The first-order chi connectivity index (χ1) is 7.24. The van der Waals surface area contributed by atoms with Crippen molar-refractivity contribution >= 4 is 11.3 Å². The monoisotopic (exact) mass is 223 g/mol. The van der Waals surface area contributed by atoms with E-state index in [0.29, 0.717) is 17.9 Å². The largest absolute Gasteiger partial charge is 0.327 e. The number of hydrogen-bond donors (Lipinski definition) is 1. The Morgan fingerprint density at radius 3 is 3.13 bits per heavy atom. The summed E-state index contributed by atoms with van der Waals surface area (Å²) in [6.45, 7) is 4.52. The van der Waals surface area contributed by atoms with Crippen LogP contribution in [-0.2, 0) is 6.42 Å². The lowest BCUT2D eigenvalue weighted by Crippen LogP contribution is -2.36. The van der Waals surface area contributed by atoms with Crippen LogP contribution in [0.1, 0.15) is 49.5 Å². The van der Waals surface area contributed by atoms with Crippen molar-refractivity contribution in [2.24, 2.45) is 11.7 Å². The molecule has 2 N–H and O–H groups in total. The van der Waals surface area contributed by atoms with Gasteiger partial charge in [0.15, 0.2) is 0 Å². The molecular formula is C13H21NS. The second kappa shape index (κ2) is 4.67. The van der Waals surface area contributed by atoms with E-state index in [1.807, 2.05) is 11.3 Å². The second-order valence-electron chi connectivity index (χ2n) is 4.76. The molecule has 0 aliphatic heterocycles. The molecule has 1 aromatic heterocycles. The van der Waals surface area contributed by atoms with Crippen LogP contribution in [0.25, 0.3) is 0 Å². The highest BCUT2D eigenvalue weighted by atomic mass is 32.1. The quantitative estimate of drug-likeness (QED) is 0.833. The molecule has 84 valence electrons. The fraction of sp³-hybridized carbons (Fsp3) is 0.692. The first-order valence-corrected chi connectivity index (χ1v) is 6.93. The minimum absolute atomic E-state index is 0.351. The van der Waals surface area contributed by atoms with Crippen LogP contribution < -0.4 is 5.73 Å². The third kappa shape index (κ3) is 2.11. The minimum Gasteiger partial charge on any atom is -0.327 e. The number of rotatable bonds is 3. The molecule has 0 spiro atoms. The Labute approximate surface area is 96.7 Å². The van der Waals surface area contributed by atoms with Gasteiger partial charge in [-0.05, 0) is 42.2 Å². The summed E-state index contributed by atoms with van der Waals surface area (Å²) in [5, 5.41) is 2.23. The van der Waals surface area contributed by atoms with Gasteiger partial charge in [-0.3, -0.25) is 0 Å². The average Bonchev–Trinajstić information content (AvgIpc) is 2.74. The van der Waals surface area contributed by atoms with Gasteiger partial charge in [-0.2, -0.15) is 0 Å². The van der Waals surface area contributed by atoms with Gasteiger partial charge < -0.3 is 5.73 Å². The molecule has 1 heterocycles. The van der Waals surface area contributed by atoms with E-state index in [9.17, 15) is 0 Å². The van der Waals surface area contributed by atoms with Gasteiger partial charge in [0.05, 0.1) is 0 Å². The topological polar surface area (TPSA) is 26.0 Å². The first-order valence-electron chi connectivity index (χ1n) is 6.06. The van der Waals surface area contributed by atoms with Crippen molar-refractivity contribution in [1.29, 1.82) is 0 Å². The van der Waals surface area contributed by atoms with Gasteiger partial charge in [-0.15, -0.1) is 11.3 Å². The zero-order valence-electron chi connectivity index (χ0n) is 9.70. The minimum atomic E-state index is 0.351. The molecule has 0 saturated heterocycles. The fourth-order valence-corrected chi connectivity index (χ4v) is 3.59. The number of thiophene rings is 1. The Bertz CT molecular complexity index is 318. The molecule has 1 aliphatic carbocycles. The van der Waals surface area contributed by atoms with Gasteiger partial charge in [0.2, 0.25) is 0 Å². The molecular weight excluding hydrogens is 202 g/mol. The molecule has 1 aliphatic rings. The van der Waals surface area contributed by atoms with E-state index in [4.69, 9.17) is 5.73 Å². The van der Waals surface area contributed by atoms with Crippen molar-refractivity contribution in [2.45, 2.75) is 51.5 Å². The second-order valence-corrected chi connectivity index (χ2v) is 5.76. The van der Waals surface area contributed by atoms with E-state index in [1.165, 1.54) is 25.7 Å². The van der Waals surface area contributed by atoms with Crippen molar-refractivity contribution in [2.75, 3.05) is 0 Å². The highest BCUT2D eigenvalue weighted by Crippen LogP contribution is 2.38. The van der Waals surface area contributed by atoms with Crippen LogP contribution in [0.15, 0.2) is 11.4 Å². The smallest absolute Gasteiger partial charge is 0.0134 e.